The largest absolute Gasteiger partial charge is 0.488 e. The Labute approximate surface area is 130 Å². The Bertz CT molecular complexity index is 695. The Morgan fingerprint density at radius 1 is 1.33 bits per heavy atom. The highest BCUT2D eigenvalue weighted by molar-refractivity contribution is 9.10. The van der Waals surface area contributed by atoms with Crippen molar-refractivity contribution in [1.82, 2.24) is 0 Å². The fourth-order valence-corrected chi connectivity index (χ4v) is 2.21. The van der Waals surface area contributed by atoms with Crippen LogP contribution < -0.4 is 4.74 Å². The summed E-state index contributed by atoms with van der Waals surface area (Å²) in [7, 11) is 0. The molecular weight excluding hydrogens is 337 g/mol. The van der Waals surface area contributed by atoms with Crippen LogP contribution in [0.1, 0.15) is 29.7 Å². The van der Waals surface area contributed by atoms with Crippen LogP contribution in [0.5, 0.6) is 5.75 Å². The van der Waals surface area contributed by atoms with E-state index in [1.54, 1.807) is 25.1 Å². The molecule has 1 unspecified atom stereocenters. The monoisotopic (exact) mass is 349 g/mol. The van der Waals surface area contributed by atoms with Gasteiger partial charge in [0, 0.05) is 15.6 Å². The molecule has 0 saturated heterocycles. The summed E-state index contributed by atoms with van der Waals surface area (Å²) in [6.45, 7) is 1.66. The number of aliphatic hydroxyl groups is 1. The molecule has 1 atom stereocenters. The summed E-state index contributed by atoms with van der Waals surface area (Å²) in [5.74, 6) is 0.00535. The van der Waals surface area contributed by atoms with Crippen molar-refractivity contribution < 1.29 is 14.2 Å². The van der Waals surface area contributed by atoms with Crippen molar-refractivity contribution in [3.05, 3.63) is 63.4 Å². The van der Waals surface area contributed by atoms with Gasteiger partial charge in [0.25, 0.3) is 0 Å². The van der Waals surface area contributed by atoms with Crippen molar-refractivity contribution in [2.24, 2.45) is 0 Å². The third-order valence-corrected chi connectivity index (χ3v) is 3.48. The van der Waals surface area contributed by atoms with Gasteiger partial charge in [0.2, 0.25) is 0 Å². The maximum absolute atomic E-state index is 13.8. The zero-order chi connectivity index (χ0) is 15.4. The molecule has 5 heteroatoms. The third-order valence-electron chi connectivity index (χ3n) is 2.99. The summed E-state index contributed by atoms with van der Waals surface area (Å²) in [5, 5.41) is 18.4. The Balaban J connectivity index is 2.20. The van der Waals surface area contributed by atoms with Gasteiger partial charge in [0.15, 0.2) is 0 Å². The zero-order valence-corrected chi connectivity index (χ0v) is 12.9. The average Bonchev–Trinajstić information content (AvgIpc) is 2.45. The highest BCUT2D eigenvalue weighted by atomic mass is 79.9. The highest BCUT2D eigenvalue weighted by Gasteiger charge is 2.11. The highest BCUT2D eigenvalue weighted by Crippen LogP contribution is 2.29. The van der Waals surface area contributed by atoms with Crippen LogP contribution in [-0.4, -0.2) is 5.11 Å². The summed E-state index contributed by atoms with van der Waals surface area (Å²) < 4.78 is 20.2. The van der Waals surface area contributed by atoms with E-state index in [9.17, 15) is 9.50 Å². The van der Waals surface area contributed by atoms with Crippen LogP contribution in [0, 0.1) is 17.1 Å². The lowest BCUT2D eigenvalue weighted by Crippen LogP contribution is -2.03. The molecule has 0 radical (unpaired) electrons. The minimum absolute atomic E-state index is 0.0215. The molecular formula is C16H13BrFNO2. The van der Waals surface area contributed by atoms with E-state index in [-0.39, 0.29) is 12.2 Å². The minimum atomic E-state index is -0.682. The molecule has 0 aliphatic carbocycles. The number of benzene rings is 2. The SMILES string of the molecule is CC(O)c1ccc(Br)cc1OCc1ccc(C#N)cc1F. The molecule has 2 aromatic rings. The molecule has 0 aliphatic rings. The van der Waals surface area contributed by atoms with Gasteiger partial charge < -0.3 is 9.84 Å². The van der Waals surface area contributed by atoms with Crippen LogP contribution in [0.15, 0.2) is 40.9 Å². The normalized spacial score (nSPS) is 11.8. The lowest BCUT2D eigenvalue weighted by molar-refractivity contribution is 0.190. The maximum atomic E-state index is 13.8. The number of halogens is 2. The molecule has 21 heavy (non-hydrogen) atoms. The quantitative estimate of drug-likeness (QED) is 0.904. The zero-order valence-electron chi connectivity index (χ0n) is 11.3. The van der Waals surface area contributed by atoms with Crippen LogP contribution in [-0.2, 0) is 6.61 Å². The van der Waals surface area contributed by atoms with Crippen molar-refractivity contribution in [3.8, 4) is 11.8 Å². The average molecular weight is 350 g/mol. The number of nitrogens with zero attached hydrogens (tertiary/aromatic N) is 1. The van der Waals surface area contributed by atoms with Crippen LogP contribution in [0.3, 0.4) is 0 Å². The first kappa shape index (κ1) is 15.5. The van der Waals surface area contributed by atoms with Crippen LogP contribution in [0.4, 0.5) is 4.39 Å². The molecule has 2 rings (SSSR count). The first-order valence-electron chi connectivity index (χ1n) is 6.30. The van der Waals surface area contributed by atoms with Gasteiger partial charge in [-0.3, -0.25) is 0 Å². The summed E-state index contributed by atoms with van der Waals surface area (Å²) in [5.41, 5.74) is 1.25. The van der Waals surface area contributed by atoms with Gasteiger partial charge in [-0.25, -0.2) is 4.39 Å². The van der Waals surface area contributed by atoms with E-state index in [4.69, 9.17) is 10.00 Å². The van der Waals surface area contributed by atoms with E-state index in [1.807, 2.05) is 6.07 Å². The van der Waals surface area contributed by atoms with Crippen molar-refractivity contribution in [1.29, 1.82) is 5.26 Å². The number of ether oxygens (including phenoxy) is 1. The summed E-state index contributed by atoms with van der Waals surface area (Å²) in [6, 6.07) is 11.4. The van der Waals surface area contributed by atoms with Gasteiger partial charge in [-0.15, -0.1) is 0 Å². The molecule has 0 spiro atoms. The molecule has 0 amide bonds. The smallest absolute Gasteiger partial charge is 0.131 e. The predicted octanol–water partition coefficient (Wildman–Crippen LogP) is 4.09. The maximum Gasteiger partial charge on any atom is 0.131 e. The van der Waals surface area contributed by atoms with Gasteiger partial charge in [0.05, 0.1) is 17.7 Å². The number of aliphatic hydroxyl groups excluding tert-OH is 1. The standard InChI is InChI=1S/C16H13BrFNO2/c1-10(20)14-5-4-13(17)7-16(14)21-9-12-3-2-11(8-19)6-15(12)18/h2-7,10,20H,9H2,1H3. The number of hydrogen-bond donors (Lipinski definition) is 1. The molecule has 2 aromatic carbocycles. The molecule has 0 aliphatic heterocycles. The second-order valence-corrected chi connectivity index (χ2v) is 5.48. The number of nitriles is 1. The Kier molecular flexibility index (Phi) is 4.94. The van der Waals surface area contributed by atoms with Gasteiger partial charge in [0.1, 0.15) is 18.2 Å². The molecule has 108 valence electrons. The van der Waals surface area contributed by atoms with E-state index in [0.29, 0.717) is 16.9 Å². The molecule has 0 saturated carbocycles. The third kappa shape index (κ3) is 3.81. The minimum Gasteiger partial charge on any atom is -0.488 e. The Morgan fingerprint density at radius 2 is 2.10 bits per heavy atom. The lowest BCUT2D eigenvalue weighted by atomic mass is 10.1. The van der Waals surface area contributed by atoms with Crippen molar-refractivity contribution in [2.45, 2.75) is 19.6 Å². The van der Waals surface area contributed by atoms with Gasteiger partial charge in [-0.05, 0) is 31.2 Å². The number of rotatable bonds is 4. The van der Waals surface area contributed by atoms with E-state index in [2.05, 4.69) is 15.9 Å². The van der Waals surface area contributed by atoms with E-state index in [1.165, 1.54) is 18.2 Å². The predicted molar refractivity (Wildman–Crippen MR) is 80.2 cm³/mol. The summed E-state index contributed by atoms with van der Waals surface area (Å²) in [4.78, 5) is 0. The lowest BCUT2D eigenvalue weighted by Gasteiger charge is -2.14. The molecule has 1 N–H and O–H groups in total. The first-order valence-corrected chi connectivity index (χ1v) is 7.09. The summed E-state index contributed by atoms with van der Waals surface area (Å²) in [6.07, 6.45) is -0.682. The van der Waals surface area contributed by atoms with Crippen LogP contribution in [0.25, 0.3) is 0 Å². The Hall–Kier alpha value is -1.90. The second-order valence-electron chi connectivity index (χ2n) is 4.56. The first-order chi connectivity index (χ1) is 10.0. The molecule has 0 fully saturated rings. The van der Waals surface area contributed by atoms with Crippen LogP contribution in [0.2, 0.25) is 0 Å². The van der Waals surface area contributed by atoms with Crippen LogP contribution >= 0.6 is 15.9 Å². The molecule has 0 aromatic heterocycles. The topological polar surface area (TPSA) is 53.2 Å². The van der Waals surface area contributed by atoms with Gasteiger partial charge in [-0.2, -0.15) is 5.26 Å². The second kappa shape index (κ2) is 6.70. The summed E-state index contributed by atoms with van der Waals surface area (Å²) >= 11 is 3.33. The van der Waals surface area contributed by atoms with Crippen molar-refractivity contribution in [3.63, 3.8) is 0 Å². The van der Waals surface area contributed by atoms with E-state index < -0.39 is 11.9 Å². The van der Waals surface area contributed by atoms with Crippen molar-refractivity contribution in [2.75, 3.05) is 0 Å². The van der Waals surface area contributed by atoms with E-state index >= 15 is 0 Å². The number of hydrogen-bond acceptors (Lipinski definition) is 3. The van der Waals surface area contributed by atoms with Crippen molar-refractivity contribution >= 4 is 15.9 Å². The molecule has 0 bridgehead atoms. The fourth-order valence-electron chi connectivity index (χ4n) is 1.87. The van der Waals surface area contributed by atoms with E-state index in [0.717, 1.165) is 4.47 Å². The molecule has 0 heterocycles. The Morgan fingerprint density at radius 3 is 2.71 bits per heavy atom. The molecule has 3 nitrogen and oxygen atoms in total. The van der Waals surface area contributed by atoms with Gasteiger partial charge in [-0.1, -0.05) is 28.1 Å². The van der Waals surface area contributed by atoms with Gasteiger partial charge >= 0.3 is 0 Å². The fraction of sp³-hybridized carbons (Fsp3) is 0.188.